The van der Waals surface area contributed by atoms with E-state index in [1.807, 2.05) is 11.4 Å². The van der Waals surface area contributed by atoms with Gasteiger partial charge in [0.2, 0.25) is 0 Å². The van der Waals surface area contributed by atoms with Crippen LogP contribution in [0.2, 0.25) is 0 Å². The van der Waals surface area contributed by atoms with Gasteiger partial charge in [0.05, 0.1) is 26.0 Å². The molecule has 0 aliphatic carbocycles. The smallest absolute Gasteiger partial charge is 0.358 e. The van der Waals surface area contributed by atoms with Crippen molar-refractivity contribution < 1.29 is 14.6 Å². The zero-order chi connectivity index (χ0) is 12.8. The first-order chi connectivity index (χ1) is 8.75. The second-order valence-corrected chi connectivity index (χ2v) is 4.65. The van der Waals surface area contributed by atoms with Crippen molar-refractivity contribution in [2.75, 3.05) is 13.2 Å². The van der Waals surface area contributed by atoms with Gasteiger partial charge in [-0.1, -0.05) is 11.3 Å². The fourth-order valence-corrected chi connectivity index (χ4v) is 2.08. The lowest BCUT2D eigenvalue weighted by molar-refractivity contribution is 0.0690. The summed E-state index contributed by atoms with van der Waals surface area (Å²) in [7, 11) is 0. The first-order valence-corrected chi connectivity index (χ1v) is 6.37. The van der Waals surface area contributed by atoms with Crippen LogP contribution in [0.3, 0.4) is 0 Å². The van der Waals surface area contributed by atoms with Gasteiger partial charge in [0, 0.05) is 11.3 Å². The summed E-state index contributed by atoms with van der Waals surface area (Å²) in [5.74, 6) is -1.07. The fourth-order valence-electron chi connectivity index (χ4n) is 1.39. The van der Waals surface area contributed by atoms with Crippen LogP contribution >= 0.6 is 11.3 Å². The molecule has 0 aliphatic heterocycles. The lowest BCUT2D eigenvalue weighted by Crippen LogP contribution is -2.08. The minimum Gasteiger partial charge on any atom is -0.476 e. The van der Waals surface area contributed by atoms with Crippen molar-refractivity contribution in [1.82, 2.24) is 15.0 Å². The Morgan fingerprint density at radius 3 is 3.06 bits per heavy atom. The van der Waals surface area contributed by atoms with Gasteiger partial charge in [0.25, 0.3) is 0 Å². The Labute approximate surface area is 108 Å². The van der Waals surface area contributed by atoms with Crippen molar-refractivity contribution in [2.45, 2.75) is 13.0 Å². The van der Waals surface area contributed by atoms with Crippen LogP contribution in [-0.2, 0) is 17.7 Å². The molecule has 0 bridgehead atoms. The van der Waals surface area contributed by atoms with E-state index in [1.54, 1.807) is 11.3 Å². The summed E-state index contributed by atoms with van der Waals surface area (Å²) >= 11 is 1.71. The number of carbonyl (C=O) groups is 1. The van der Waals surface area contributed by atoms with Crippen molar-refractivity contribution in [2.24, 2.45) is 0 Å². The highest BCUT2D eigenvalue weighted by Gasteiger charge is 2.07. The number of carboxylic acids is 1. The Kier molecular flexibility index (Phi) is 4.43. The molecule has 0 aliphatic rings. The maximum atomic E-state index is 10.6. The highest BCUT2D eigenvalue weighted by Crippen LogP contribution is 2.08. The molecule has 2 rings (SSSR count). The van der Waals surface area contributed by atoms with Gasteiger partial charge in [0.15, 0.2) is 5.69 Å². The number of aromatic carboxylic acids is 1. The second-order valence-electron chi connectivity index (χ2n) is 3.61. The average molecular weight is 267 g/mol. The second kappa shape index (κ2) is 6.27. The first-order valence-electron chi connectivity index (χ1n) is 5.49. The van der Waals surface area contributed by atoms with E-state index < -0.39 is 5.97 Å². The molecule has 1 N–H and O–H groups in total. The SMILES string of the molecule is O=C(O)c1cn(CCOCCc2cccs2)nn1. The monoisotopic (exact) mass is 267 g/mol. The molecule has 0 amide bonds. The number of hydrogen-bond acceptors (Lipinski definition) is 5. The number of thiophene rings is 1. The lowest BCUT2D eigenvalue weighted by Gasteiger charge is -2.02. The normalized spacial score (nSPS) is 10.7. The number of ether oxygens (including phenoxy) is 1. The van der Waals surface area contributed by atoms with Crippen LogP contribution in [0.1, 0.15) is 15.4 Å². The molecule has 0 saturated carbocycles. The molecule has 0 spiro atoms. The number of rotatable bonds is 7. The summed E-state index contributed by atoms with van der Waals surface area (Å²) in [6.45, 7) is 1.65. The van der Waals surface area contributed by atoms with Crippen LogP contribution in [0.15, 0.2) is 23.7 Å². The Morgan fingerprint density at radius 2 is 2.39 bits per heavy atom. The number of nitrogens with zero attached hydrogens (tertiary/aromatic N) is 3. The molecule has 0 aromatic carbocycles. The van der Waals surface area contributed by atoms with E-state index in [-0.39, 0.29) is 5.69 Å². The van der Waals surface area contributed by atoms with Crippen LogP contribution < -0.4 is 0 Å². The van der Waals surface area contributed by atoms with Gasteiger partial charge in [-0.3, -0.25) is 0 Å². The van der Waals surface area contributed by atoms with Crippen LogP contribution in [-0.4, -0.2) is 39.3 Å². The van der Waals surface area contributed by atoms with E-state index >= 15 is 0 Å². The largest absolute Gasteiger partial charge is 0.476 e. The molecule has 18 heavy (non-hydrogen) atoms. The van der Waals surface area contributed by atoms with Crippen LogP contribution in [0, 0.1) is 0 Å². The van der Waals surface area contributed by atoms with Crippen LogP contribution in [0.25, 0.3) is 0 Å². The van der Waals surface area contributed by atoms with Gasteiger partial charge in [-0.15, -0.1) is 16.4 Å². The third-order valence-corrected chi connectivity index (χ3v) is 3.23. The molecule has 7 heteroatoms. The standard InChI is InChI=1S/C11H13N3O3S/c15-11(16)10-8-14(13-12-10)4-6-17-5-3-9-2-1-7-18-9/h1-2,7-8H,3-6H2,(H,15,16). The molecule has 0 fully saturated rings. The molecule has 2 aromatic rings. The van der Waals surface area contributed by atoms with E-state index in [0.29, 0.717) is 19.8 Å². The molecule has 0 atom stereocenters. The summed E-state index contributed by atoms with van der Waals surface area (Å²) in [4.78, 5) is 11.9. The van der Waals surface area contributed by atoms with E-state index in [2.05, 4.69) is 16.4 Å². The van der Waals surface area contributed by atoms with Gasteiger partial charge >= 0.3 is 5.97 Å². The third-order valence-electron chi connectivity index (χ3n) is 2.30. The Balaban J connectivity index is 1.64. The third kappa shape index (κ3) is 3.64. The Hall–Kier alpha value is -1.73. The molecule has 6 nitrogen and oxygen atoms in total. The minimum absolute atomic E-state index is 0.0476. The maximum Gasteiger partial charge on any atom is 0.358 e. The molecule has 0 unspecified atom stereocenters. The summed E-state index contributed by atoms with van der Waals surface area (Å²) < 4.78 is 6.92. The summed E-state index contributed by atoms with van der Waals surface area (Å²) in [6.07, 6.45) is 2.29. The zero-order valence-corrected chi connectivity index (χ0v) is 10.5. The molecule has 0 radical (unpaired) electrons. The zero-order valence-electron chi connectivity index (χ0n) is 9.65. The Morgan fingerprint density at radius 1 is 1.50 bits per heavy atom. The predicted molar refractivity (Wildman–Crippen MR) is 65.8 cm³/mol. The summed E-state index contributed by atoms with van der Waals surface area (Å²) in [5, 5.41) is 17.9. The molecule has 0 saturated heterocycles. The topological polar surface area (TPSA) is 77.2 Å². The molecule has 2 aromatic heterocycles. The van der Waals surface area contributed by atoms with Crippen molar-refractivity contribution in [1.29, 1.82) is 0 Å². The van der Waals surface area contributed by atoms with E-state index in [0.717, 1.165) is 6.42 Å². The molecular weight excluding hydrogens is 254 g/mol. The first kappa shape index (κ1) is 12.7. The number of hydrogen-bond donors (Lipinski definition) is 1. The highest BCUT2D eigenvalue weighted by atomic mass is 32.1. The van der Waals surface area contributed by atoms with Gasteiger partial charge in [-0.2, -0.15) is 0 Å². The maximum absolute atomic E-state index is 10.6. The predicted octanol–water partition coefficient (Wildman–Crippen LogP) is 1.30. The Bertz CT molecular complexity index is 495. The highest BCUT2D eigenvalue weighted by molar-refractivity contribution is 7.09. The van der Waals surface area contributed by atoms with Crippen molar-refractivity contribution in [3.05, 3.63) is 34.3 Å². The van der Waals surface area contributed by atoms with Crippen molar-refractivity contribution >= 4 is 17.3 Å². The van der Waals surface area contributed by atoms with Gasteiger partial charge < -0.3 is 9.84 Å². The van der Waals surface area contributed by atoms with Crippen LogP contribution in [0.4, 0.5) is 0 Å². The lowest BCUT2D eigenvalue weighted by atomic mass is 10.4. The van der Waals surface area contributed by atoms with E-state index in [9.17, 15) is 4.79 Å². The van der Waals surface area contributed by atoms with Gasteiger partial charge in [-0.25, -0.2) is 9.48 Å². The minimum atomic E-state index is -1.07. The average Bonchev–Trinajstić information content (AvgIpc) is 2.98. The molecule has 2 heterocycles. The van der Waals surface area contributed by atoms with E-state index in [1.165, 1.54) is 15.8 Å². The fraction of sp³-hybridized carbons (Fsp3) is 0.364. The van der Waals surface area contributed by atoms with E-state index in [4.69, 9.17) is 9.84 Å². The van der Waals surface area contributed by atoms with Crippen LogP contribution in [0.5, 0.6) is 0 Å². The number of aromatic nitrogens is 3. The number of carboxylic acid groups (broad SMARTS) is 1. The summed E-state index contributed by atoms with van der Waals surface area (Å²) in [6, 6.07) is 4.09. The van der Waals surface area contributed by atoms with Gasteiger partial charge in [-0.05, 0) is 11.4 Å². The van der Waals surface area contributed by atoms with Crippen molar-refractivity contribution in [3.8, 4) is 0 Å². The molecule has 96 valence electrons. The van der Waals surface area contributed by atoms with Crippen molar-refractivity contribution in [3.63, 3.8) is 0 Å². The quantitative estimate of drug-likeness (QED) is 0.765. The molecular formula is C11H13N3O3S. The summed E-state index contributed by atoms with van der Waals surface area (Å²) in [5.41, 5.74) is -0.0476. The van der Waals surface area contributed by atoms with Gasteiger partial charge in [0.1, 0.15) is 0 Å².